The fraction of sp³-hybridized carbons (Fsp3) is 0.316. The van der Waals surface area contributed by atoms with Gasteiger partial charge in [0, 0.05) is 11.3 Å². The van der Waals surface area contributed by atoms with E-state index in [0.29, 0.717) is 32.5 Å². The third kappa shape index (κ3) is 3.69. The lowest BCUT2D eigenvalue weighted by molar-refractivity contribution is 0.0366. The Bertz CT molecular complexity index is 897. The first kappa shape index (κ1) is 19.0. The molecular weight excluding hydrogens is 429 g/mol. The maximum absolute atomic E-state index is 12.7. The molecule has 0 radical (unpaired) electrons. The minimum absolute atomic E-state index is 0.425. The lowest BCUT2D eigenvalue weighted by Gasteiger charge is -2.24. The van der Waals surface area contributed by atoms with E-state index in [0.717, 1.165) is 5.56 Å². The molecule has 0 bridgehead atoms. The van der Waals surface area contributed by atoms with Crippen molar-refractivity contribution in [1.82, 2.24) is 4.57 Å². The van der Waals surface area contributed by atoms with Crippen LogP contribution in [0.15, 0.2) is 24.3 Å². The summed E-state index contributed by atoms with van der Waals surface area (Å²) in [6.07, 6.45) is 0.189. The van der Waals surface area contributed by atoms with E-state index in [1.54, 1.807) is 31.2 Å². The minimum Gasteiger partial charge on any atom is -0.443 e. The Labute approximate surface area is 161 Å². The Balaban J connectivity index is 2.58. The van der Waals surface area contributed by atoms with Gasteiger partial charge in [-0.15, -0.1) is 0 Å². The maximum Gasteiger partial charge on any atom is 0.419 e. The summed E-state index contributed by atoms with van der Waals surface area (Å²) < 4.78 is 7.54. The van der Waals surface area contributed by atoms with Crippen molar-refractivity contribution in [3.8, 4) is 23.3 Å². The second-order valence-corrected chi connectivity index (χ2v) is 7.27. The SMILES string of the molecule is CCC(C)(C)OC(=O)n1c(C)c(-c2ccc(C#N)cc2)c(C#N)c1I. The number of ether oxygens (including phenoxy) is 1. The topological polar surface area (TPSA) is 78.8 Å². The van der Waals surface area contributed by atoms with Crippen molar-refractivity contribution in [3.05, 3.63) is 44.8 Å². The van der Waals surface area contributed by atoms with Crippen LogP contribution in [-0.2, 0) is 4.74 Å². The van der Waals surface area contributed by atoms with Crippen molar-refractivity contribution in [3.63, 3.8) is 0 Å². The van der Waals surface area contributed by atoms with Crippen molar-refractivity contribution < 1.29 is 9.53 Å². The van der Waals surface area contributed by atoms with Crippen molar-refractivity contribution in [2.75, 3.05) is 0 Å². The van der Waals surface area contributed by atoms with Gasteiger partial charge < -0.3 is 4.74 Å². The van der Waals surface area contributed by atoms with E-state index < -0.39 is 11.7 Å². The summed E-state index contributed by atoms with van der Waals surface area (Å²) in [6, 6.07) is 11.2. The van der Waals surface area contributed by atoms with E-state index in [1.807, 2.05) is 43.4 Å². The van der Waals surface area contributed by atoms with E-state index in [4.69, 9.17) is 10.00 Å². The van der Waals surface area contributed by atoms with Crippen LogP contribution < -0.4 is 0 Å². The number of carbonyl (C=O) groups is 1. The smallest absolute Gasteiger partial charge is 0.419 e. The van der Waals surface area contributed by atoms with E-state index in [1.165, 1.54) is 4.57 Å². The van der Waals surface area contributed by atoms with Crippen molar-refractivity contribution in [1.29, 1.82) is 10.5 Å². The van der Waals surface area contributed by atoms with Crippen molar-refractivity contribution in [2.45, 2.75) is 39.7 Å². The van der Waals surface area contributed by atoms with Crippen LogP contribution in [-0.4, -0.2) is 16.3 Å². The molecule has 0 saturated heterocycles. The molecule has 0 spiro atoms. The molecule has 0 N–H and O–H groups in total. The van der Waals surface area contributed by atoms with Gasteiger partial charge in [0.15, 0.2) is 0 Å². The monoisotopic (exact) mass is 447 g/mol. The molecule has 0 aliphatic rings. The van der Waals surface area contributed by atoms with Crippen LogP contribution in [0.4, 0.5) is 4.79 Å². The van der Waals surface area contributed by atoms with Crippen LogP contribution in [0.2, 0.25) is 0 Å². The molecule has 0 unspecified atom stereocenters. The highest BCUT2D eigenvalue weighted by Crippen LogP contribution is 2.33. The first-order valence-corrected chi connectivity index (χ1v) is 8.88. The fourth-order valence-corrected chi connectivity index (χ4v) is 3.34. The van der Waals surface area contributed by atoms with E-state index >= 15 is 0 Å². The predicted octanol–water partition coefficient (Wildman–Crippen LogP) is 4.98. The van der Waals surface area contributed by atoms with Crippen LogP contribution in [0.5, 0.6) is 0 Å². The Morgan fingerprint density at radius 3 is 2.32 bits per heavy atom. The number of halogens is 1. The van der Waals surface area contributed by atoms with Gasteiger partial charge in [-0.05, 0) is 67.5 Å². The van der Waals surface area contributed by atoms with Gasteiger partial charge in [0.1, 0.15) is 15.4 Å². The highest BCUT2D eigenvalue weighted by atomic mass is 127. The van der Waals surface area contributed by atoms with Crippen molar-refractivity contribution in [2.24, 2.45) is 0 Å². The molecule has 5 nitrogen and oxygen atoms in total. The Hall–Kier alpha value is -2.32. The van der Waals surface area contributed by atoms with E-state index in [-0.39, 0.29) is 0 Å². The standard InChI is InChI=1S/C19H18IN3O2/c1-5-19(3,4)25-18(24)23-12(2)16(15(11-22)17(23)20)14-8-6-13(10-21)7-9-14/h6-9H,5H2,1-4H3. The molecule has 0 aliphatic heterocycles. The summed E-state index contributed by atoms with van der Waals surface area (Å²) in [5, 5.41) is 18.5. The molecule has 25 heavy (non-hydrogen) atoms. The van der Waals surface area contributed by atoms with Gasteiger partial charge in [-0.1, -0.05) is 19.1 Å². The quantitative estimate of drug-likeness (QED) is 0.622. The zero-order valence-corrected chi connectivity index (χ0v) is 16.7. The minimum atomic E-state index is -0.585. The predicted molar refractivity (Wildman–Crippen MR) is 103 cm³/mol. The number of rotatable bonds is 3. The first-order chi connectivity index (χ1) is 11.8. The van der Waals surface area contributed by atoms with Gasteiger partial charge >= 0.3 is 6.09 Å². The van der Waals surface area contributed by atoms with Gasteiger partial charge in [0.25, 0.3) is 0 Å². The molecule has 2 rings (SSSR count). The molecule has 0 saturated carbocycles. The second-order valence-electron chi connectivity index (χ2n) is 6.24. The number of nitriles is 2. The number of aromatic nitrogens is 1. The number of benzene rings is 1. The van der Waals surface area contributed by atoms with Crippen LogP contribution in [0.1, 0.15) is 44.0 Å². The highest BCUT2D eigenvalue weighted by Gasteiger charge is 2.28. The number of nitrogens with zero attached hydrogens (tertiary/aromatic N) is 3. The molecule has 1 aromatic heterocycles. The number of hydrogen-bond acceptors (Lipinski definition) is 4. The average molecular weight is 447 g/mol. The third-order valence-corrected chi connectivity index (χ3v) is 5.18. The lowest BCUT2D eigenvalue weighted by Crippen LogP contribution is -2.30. The first-order valence-electron chi connectivity index (χ1n) is 7.80. The molecule has 6 heteroatoms. The molecule has 0 amide bonds. The largest absolute Gasteiger partial charge is 0.443 e. The van der Waals surface area contributed by atoms with Crippen LogP contribution in [0.3, 0.4) is 0 Å². The Morgan fingerprint density at radius 1 is 1.24 bits per heavy atom. The summed E-state index contributed by atoms with van der Waals surface area (Å²) >= 11 is 1.99. The van der Waals surface area contributed by atoms with Gasteiger partial charge in [-0.3, -0.25) is 0 Å². The summed E-state index contributed by atoms with van der Waals surface area (Å²) in [4.78, 5) is 12.7. The second kappa shape index (κ2) is 7.28. The van der Waals surface area contributed by atoms with E-state index in [2.05, 4.69) is 12.1 Å². The number of carbonyl (C=O) groups excluding carboxylic acids is 1. The van der Waals surface area contributed by atoms with Crippen molar-refractivity contribution >= 4 is 28.7 Å². The summed E-state index contributed by atoms with van der Waals surface area (Å²) in [7, 11) is 0. The molecular formula is C19H18IN3O2. The van der Waals surface area contributed by atoms with Gasteiger partial charge in [-0.25, -0.2) is 9.36 Å². The molecule has 0 fully saturated rings. The van der Waals surface area contributed by atoms with Crippen LogP contribution in [0, 0.1) is 33.3 Å². The van der Waals surface area contributed by atoms with Gasteiger partial charge in [-0.2, -0.15) is 10.5 Å². The summed E-state index contributed by atoms with van der Waals surface area (Å²) in [6.45, 7) is 7.44. The average Bonchev–Trinajstić information content (AvgIpc) is 2.84. The van der Waals surface area contributed by atoms with Gasteiger partial charge in [0.2, 0.25) is 0 Å². The molecule has 0 atom stereocenters. The molecule has 1 aromatic carbocycles. The lowest BCUT2D eigenvalue weighted by atomic mass is 10.0. The van der Waals surface area contributed by atoms with Crippen LogP contribution in [0.25, 0.3) is 11.1 Å². The molecule has 1 heterocycles. The summed E-state index contributed by atoms with van der Waals surface area (Å²) in [5.41, 5.74) is 2.49. The third-order valence-electron chi connectivity index (χ3n) is 4.16. The van der Waals surface area contributed by atoms with Crippen LogP contribution >= 0.6 is 22.6 Å². The molecule has 2 aromatic rings. The molecule has 0 aliphatic carbocycles. The zero-order valence-electron chi connectivity index (χ0n) is 14.6. The maximum atomic E-state index is 12.7. The highest BCUT2D eigenvalue weighted by molar-refractivity contribution is 14.1. The Morgan fingerprint density at radius 2 is 1.84 bits per heavy atom. The van der Waals surface area contributed by atoms with E-state index in [9.17, 15) is 10.1 Å². The molecule has 128 valence electrons. The summed E-state index contributed by atoms with van der Waals surface area (Å²) in [5.74, 6) is 0. The fourth-order valence-electron chi connectivity index (χ4n) is 2.39. The Kier molecular flexibility index (Phi) is 5.54. The van der Waals surface area contributed by atoms with Gasteiger partial charge in [0.05, 0.1) is 17.2 Å². The zero-order chi connectivity index (χ0) is 18.8. The number of hydrogen-bond donors (Lipinski definition) is 0. The normalized spacial score (nSPS) is 10.8.